The van der Waals surface area contributed by atoms with Crippen molar-refractivity contribution >= 4 is 28.4 Å². The Morgan fingerprint density at radius 2 is 1.47 bits per heavy atom. The van der Waals surface area contributed by atoms with E-state index in [-0.39, 0.29) is 0 Å². The number of benzene rings is 2. The summed E-state index contributed by atoms with van der Waals surface area (Å²) in [7, 11) is 0. The predicted octanol–water partition coefficient (Wildman–Crippen LogP) is 5.55. The summed E-state index contributed by atoms with van der Waals surface area (Å²) in [6.45, 7) is 2.28. The van der Waals surface area contributed by atoms with Gasteiger partial charge in [0, 0.05) is 24.2 Å². The summed E-state index contributed by atoms with van der Waals surface area (Å²) in [6, 6.07) is 20.3. The van der Waals surface area contributed by atoms with Gasteiger partial charge in [0.1, 0.15) is 0 Å². The molecule has 0 saturated carbocycles. The zero-order chi connectivity index (χ0) is 25.5. The first-order chi connectivity index (χ1) is 18.8. The summed E-state index contributed by atoms with van der Waals surface area (Å²) in [5, 5.41) is 5.76. The summed E-state index contributed by atoms with van der Waals surface area (Å²) in [5.41, 5.74) is 10.2. The third-order valence-electron chi connectivity index (χ3n) is 8.81. The number of pyridine rings is 1. The van der Waals surface area contributed by atoms with Gasteiger partial charge < -0.3 is 0 Å². The second-order valence-electron chi connectivity index (χ2n) is 10.8. The summed E-state index contributed by atoms with van der Waals surface area (Å²) in [4.78, 5) is 4.34. The highest BCUT2D eigenvalue weighted by Gasteiger charge is 2.33. The maximum absolute atomic E-state index is 4.34. The molecule has 4 aliphatic rings. The van der Waals surface area contributed by atoms with Gasteiger partial charge in [-0.15, -0.1) is 0 Å². The third kappa shape index (κ3) is 3.80. The van der Waals surface area contributed by atoms with Crippen LogP contribution in [-0.4, -0.2) is 4.98 Å². The molecule has 2 unspecified atom stereocenters. The lowest BCUT2D eigenvalue weighted by Gasteiger charge is -2.36. The van der Waals surface area contributed by atoms with Crippen LogP contribution in [0, 0.1) is 11.8 Å². The van der Waals surface area contributed by atoms with E-state index >= 15 is 0 Å². The average Bonchev–Trinajstić information content (AvgIpc) is 3.00. The fraction of sp³-hybridized carbons (Fsp3) is 0.216. The molecule has 0 spiro atoms. The van der Waals surface area contributed by atoms with E-state index < -0.39 is 0 Å². The molecule has 7 rings (SSSR count). The van der Waals surface area contributed by atoms with Gasteiger partial charge in [-0.1, -0.05) is 98.0 Å². The van der Waals surface area contributed by atoms with Crippen LogP contribution < -0.4 is 20.9 Å². The monoisotopic (exact) mass is 491 g/mol. The van der Waals surface area contributed by atoms with Crippen molar-refractivity contribution in [2.45, 2.75) is 39.0 Å². The minimum Gasteiger partial charge on any atom is -0.264 e. The molecule has 3 aromatic rings. The Morgan fingerprint density at radius 1 is 0.737 bits per heavy atom. The van der Waals surface area contributed by atoms with Crippen molar-refractivity contribution in [3.63, 3.8) is 0 Å². The second kappa shape index (κ2) is 9.72. The first kappa shape index (κ1) is 23.2. The van der Waals surface area contributed by atoms with Crippen molar-refractivity contribution in [2.75, 3.05) is 0 Å². The minimum absolute atomic E-state index is 0.362. The number of allylic oxidation sites excluding steroid dienone is 8. The van der Waals surface area contributed by atoms with Gasteiger partial charge in [-0.05, 0) is 98.0 Å². The van der Waals surface area contributed by atoms with Gasteiger partial charge in [-0.2, -0.15) is 0 Å². The molecule has 0 saturated heterocycles. The van der Waals surface area contributed by atoms with E-state index in [0.717, 1.165) is 32.1 Å². The molecule has 186 valence electrons. The Morgan fingerprint density at radius 3 is 2.21 bits per heavy atom. The first-order valence-corrected chi connectivity index (χ1v) is 14.1. The van der Waals surface area contributed by atoms with E-state index in [0.29, 0.717) is 11.8 Å². The van der Waals surface area contributed by atoms with E-state index in [1.54, 1.807) is 11.1 Å². The molecule has 2 aromatic carbocycles. The van der Waals surface area contributed by atoms with Gasteiger partial charge in [0.15, 0.2) is 0 Å². The van der Waals surface area contributed by atoms with Crippen LogP contribution in [0.5, 0.6) is 0 Å². The van der Waals surface area contributed by atoms with Gasteiger partial charge in [0.2, 0.25) is 0 Å². The Hall–Kier alpha value is -3.97. The number of aryl methyl sites for hydroxylation is 1. The van der Waals surface area contributed by atoms with Crippen molar-refractivity contribution in [1.29, 1.82) is 0 Å². The zero-order valence-corrected chi connectivity index (χ0v) is 22.0. The molecule has 0 fully saturated rings. The molecule has 1 aromatic heterocycles. The molecular formula is C37H33N. The van der Waals surface area contributed by atoms with Crippen molar-refractivity contribution in [1.82, 2.24) is 4.98 Å². The van der Waals surface area contributed by atoms with E-state index in [4.69, 9.17) is 0 Å². The van der Waals surface area contributed by atoms with Gasteiger partial charge >= 0.3 is 0 Å². The maximum atomic E-state index is 4.34. The fourth-order valence-electron chi connectivity index (χ4n) is 7.08. The van der Waals surface area contributed by atoms with Crippen LogP contribution in [0.15, 0.2) is 109 Å². The predicted molar refractivity (Wildman–Crippen MR) is 159 cm³/mol. The van der Waals surface area contributed by atoms with Crippen molar-refractivity contribution in [3.05, 3.63) is 141 Å². The Kier molecular flexibility index (Phi) is 5.93. The third-order valence-corrected chi connectivity index (χ3v) is 8.81. The molecule has 0 N–H and O–H groups in total. The minimum atomic E-state index is 0.362. The molecule has 38 heavy (non-hydrogen) atoms. The topological polar surface area (TPSA) is 12.9 Å². The van der Waals surface area contributed by atoms with Crippen LogP contribution in [0.25, 0.3) is 28.4 Å². The Balaban J connectivity index is 1.50. The van der Waals surface area contributed by atoms with Crippen LogP contribution in [0.4, 0.5) is 0 Å². The van der Waals surface area contributed by atoms with Crippen LogP contribution in [0.2, 0.25) is 0 Å². The Bertz CT molecular complexity index is 1790. The maximum Gasteiger partial charge on any atom is 0.0343 e. The van der Waals surface area contributed by atoms with Crippen molar-refractivity contribution < 1.29 is 0 Å². The first-order valence-electron chi connectivity index (χ1n) is 14.1. The zero-order valence-electron chi connectivity index (χ0n) is 22.0. The summed E-state index contributed by atoms with van der Waals surface area (Å²) >= 11 is 0. The normalized spacial score (nSPS) is 21.7. The molecule has 1 heterocycles. The van der Waals surface area contributed by atoms with Crippen molar-refractivity contribution in [2.24, 2.45) is 11.8 Å². The van der Waals surface area contributed by atoms with E-state index in [1.165, 1.54) is 48.7 Å². The van der Waals surface area contributed by atoms with Crippen LogP contribution in [-0.2, 0) is 6.42 Å². The van der Waals surface area contributed by atoms with Crippen LogP contribution >= 0.6 is 0 Å². The lowest BCUT2D eigenvalue weighted by Crippen LogP contribution is -2.43. The summed E-state index contributed by atoms with van der Waals surface area (Å²) in [5.74, 6) is 0.724. The van der Waals surface area contributed by atoms with E-state index in [1.807, 2.05) is 18.5 Å². The fourth-order valence-corrected chi connectivity index (χ4v) is 7.08. The highest BCUT2D eigenvalue weighted by molar-refractivity contribution is 5.94. The molecule has 4 aliphatic carbocycles. The van der Waals surface area contributed by atoms with Crippen LogP contribution in [0.1, 0.15) is 43.7 Å². The number of rotatable bonds is 4. The lowest BCUT2D eigenvalue weighted by molar-refractivity contribution is 0.681. The summed E-state index contributed by atoms with van der Waals surface area (Å²) in [6.07, 6.45) is 25.9. The molecule has 1 heteroatoms. The quantitative estimate of drug-likeness (QED) is 0.467. The number of fused-ring (bicyclic) bond motifs is 3. The lowest BCUT2D eigenvalue weighted by atomic mass is 9.68. The molecule has 0 radical (unpaired) electrons. The number of nitrogens with zero attached hydrogens (tertiary/aromatic N) is 1. The van der Waals surface area contributed by atoms with Gasteiger partial charge in [0.05, 0.1) is 0 Å². The van der Waals surface area contributed by atoms with Crippen molar-refractivity contribution in [3.8, 4) is 0 Å². The number of aromatic nitrogens is 1. The molecule has 0 bridgehead atoms. The van der Waals surface area contributed by atoms with Crippen LogP contribution in [0.3, 0.4) is 0 Å². The average molecular weight is 492 g/mol. The highest BCUT2D eigenvalue weighted by atomic mass is 14.6. The second-order valence-corrected chi connectivity index (χ2v) is 10.8. The SMILES string of the molecule is CCc1cccc2c1=CCCC=2C1=c2ccccc2=C(C2=CC=C(c3cccnc3)CC2)C2C=CC=CC12. The van der Waals surface area contributed by atoms with Gasteiger partial charge in [-0.25, -0.2) is 0 Å². The molecule has 0 aliphatic heterocycles. The standard InChI is InChI=1S/C37H33N/c1-2-25-10-7-17-30-29(25)16-8-18-31(30)37-34-14-5-3-12-32(34)36(33-13-4-6-15-35(33)37)27-21-19-26(20-22-27)28-11-9-23-38-24-28/h3-7,9-17,19,21,23-24,32,34H,2,8,18,20,22H2,1H3. The molecule has 0 amide bonds. The smallest absolute Gasteiger partial charge is 0.0343 e. The molecular weight excluding hydrogens is 458 g/mol. The largest absolute Gasteiger partial charge is 0.264 e. The Labute approximate surface area is 225 Å². The molecule has 2 atom stereocenters. The van der Waals surface area contributed by atoms with Gasteiger partial charge in [0.25, 0.3) is 0 Å². The number of hydrogen-bond acceptors (Lipinski definition) is 1. The number of hydrogen-bond donors (Lipinski definition) is 0. The molecule has 1 nitrogen and oxygen atoms in total. The summed E-state index contributed by atoms with van der Waals surface area (Å²) < 4.78 is 0. The van der Waals surface area contributed by atoms with Gasteiger partial charge in [-0.3, -0.25) is 4.98 Å². The van der Waals surface area contributed by atoms with E-state index in [2.05, 4.69) is 103 Å². The van der Waals surface area contributed by atoms with E-state index in [9.17, 15) is 0 Å². The highest BCUT2D eigenvalue weighted by Crippen LogP contribution is 2.43.